The molecule has 0 aliphatic rings. The van der Waals surface area contributed by atoms with Crippen molar-refractivity contribution in [3.05, 3.63) is 71.0 Å². The summed E-state index contributed by atoms with van der Waals surface area (Å²) < 4.78 is 13.0. The zero-order chi connectivity index (χ0) is 18.2. The van der Waals surface area contributed by atoms with Gasteiger partial charge in [-0.3, -0.25) is 9.79 Å². The monoisotopic (exact) mass is 470 g/mol. The molecule has 7 heteroatoms. The van der Waals surface area contributed by atoms with E-state index in [9.17, 15) is 9.18 Å². The van der Waals surface area contributed by atoms with Gasteiger partial charge in [0, 0.05) is 39.8 Å². The number of rotatable bonds is 5. The molecule has 0 aliphatic carbocycles. The number of nitrogens with one attached hydrogen (secondary N) is 2. The third-order valence-corrected chi connectivity index (χ3v) is 3.80. The van der Waals surface area contributed by atoms with Crippen LogP contribution in [0.2, 0.25) is 0 Å². The molecule has 0 aliphatic heterocycles. The van der Waals surface area contributed by atoms with E-state index in [0.717, 1.165) is 17.1 Å². The molecule has 26 heavy (non-hydrogen) atoms. The lowest BCUT2D eigenvalue weighted by molar-refractivity contribution is 0.0963. The van der Waals surface area contributed by atoms with Gasteiger partial charge in [-0.2, -0.15) is 0 Å². The molecule has 0 aromatic heterocycles. The van der Waals surface area contributed by atoms with E-state index in [0.29, 0.717) is 18.7 Å². The second-order valence-electron chi connectivity index (χ2n) is 5.66. The van der Waals surface area contributed by atoms with Crippen LogP contribution in [0, 0.1) is 5.82 Å². The van der Waals surface area contributed by atoms with Gasteiger partial charge in [-0.1, -0.05) is 24.3 Å². The number of guanidine groups is 1. The van der Waals surface area contributed by atoms with Gasteiger partial charge >= 0.3 is 0 Å². The minimum atomic E-state index is -0.242. The third kappa shape index (κ3) is 6.29. The van der Waals surface area contributed by atoms with Crippen LogP contribution in [0.25, 0.3) is 0 Å². The van der Waals surface area contributed by atoms with Crippen LogP contribution in [0.3, 0.4) is 0 Å². The van der Waals surface area contributed by atoms with Crippen molar-refractivity contribution >= 4 is 35.8 Å². The highest BCUT2D eigenvalue weighted by Crippen LogP contribution is 2.07. The minimum absolute atomic E-state index is 0. The summed E-state index contributed by atoms with van der Waals surface area (Å²) in [6.07, 6.45) is 0. The standard InChI is InChI=1S/C19H23FN4O.HI/c1-21-18(25)16-8-4-14(5-9-16)12-23-19(22-2)24(3)13-15-6-10-17(20)11-7-15;/h4-11H,12-13H2,1-3H3,(H,21,25)(H,22,23);1H. The third-order valence-electron chi connectivity index (χ3n) is 3.80. The molecule has 2 aromatic rings. The summed E-state index contributed by atoms with van der Waals surface area (Å²) in [5.74, 6) is 0.392. The molecule has 0 heterocycles. The molecule has 0 atom stereocenters. The van der Waals surface area contributed by atoms with E-state index in [4.69, 9.17) is 0 Å². The van der Waals surface area contributed by atoms with Crippen LogP contribution < -0.4 is 10.6 Å². The number of hydrogen-bond acceptors (Lipinski definition) is 2. The fourth-order valence-electron chi connectivity index (χ4n) is 2.42. The normalized spacial score (nSPS) is 10.7. The van der Waals surface area contributed by atoms with E-state index in [1.165, 1.54) is 12.1 Å². The van der Waals surface area contributed by atoms with Gasteiger partial charge in [0.15, 0.2) is 5.96 Å². The topological polar surface area (TPSA) is 56.7 Å². The van der Waals surface area contributed by atoms with Gasteiger partial charge in [-0.25, -0.2) is 4.39 Å². The average molecular weight is 470 g/mol. The Morgan fingerprint density at radius 3 is 2.19 bits per heavy atom. The zero-order valence-corrected chi connectivity index (χ0v) is 17.5. The average Bonchev–Trinajstić information content (AvgIpc) is 2.64. The van der Waals surface area contributed by atoms with Gasteiger partial charge in [0.25, 0.3) is 5.91 Å². The zero-order valence-electron chi connectivity index (χ0n) is 15.1. The molecule has 0 bridgehead atoms. The summed E-state index contributed by atoms with van der Waals surface area (Å²) in [4.78, 5) is 17.8. The van der Waals surface area contributed by atoms with Crippen LogP contribution >= 0.6 is 24.0 Å². The Labute approximate surface area is 170 Å². The van der Waals surface area contributed by atoms with Crippen molar-refractivity contribution in [3.63, 3.8) is 0 Å². The number of carbonyl (C=O) groups is 1. The molecule has 0 saturated carbocycles. The Hall–Kier alpha value is -2.16. The lowest BCUT2D eigenvalue weighted by Gasteiger charge is -2.22. The molecule has 5 nitrogen and oxygen atoms in total. The summed E-state index contributed by atoms with van der Waals surface area (Å²) in [6, 6.07) is 13.8. The summed E-state index contributed by atoms with van der Waals surface area (Å²) in [5, 5.41) is 5.88. The molecule has 0 saturated heterocycles. The first-order chi connectivity index (χ1) is 12.0. The number of carbonyl (C=O) groups excluding carboxylic acids is 1. The van der Waals surface area contributed by atoms with Crippen LogP contribution in [-0.2, 0) is 13.1 Å². The lowest BCUT2D eigenvalue weighted by Crippen LogP contribution is -2.38. The van der Waals surface area contributed by atoms with Gasteiger partial charge in [-0.05, 0) is 35.4 Å². The lowest BCUT2D eigenvalue weighted by atomic mass is 10.1. The predicted octanol–water partition coefficient (Wildman–Crippen LogP) is 3.01. The maximum absolute atomic E-state index is 13.0. The Morgan fingerprint density at radius 2 is 1.65 bits per heavy atom. The Balaban J connectivity index is 0.00000338. The van der Waals surface area contributed by atoms with Crippen LogP contribution in [0.4, 0.5) is 4.39 Å². The van der Waals surface area contributed by atoms with Crippen LogP contribution in [0.1, 0.15) is 21.5 Å². The van der Waals surface area contributed by atoms with E-state index >= 15 is 0 Å². The molecule has 2 aromatic carbocycles. The number of aliphatic imine (C=N–C) groups is 1. The van der Waals surface area contributed by atoms with Crippen molar-refractivity contribution in [2.75, 3.05) is 21.1 Å². The second-order valence-corrected chi connectivity index (χ2v) is 5.66. The highest BCUT2D eigenvalue weighted by molar-refractivity contribution is 14.0. The predicted molar refractivity (Wildman–Crippen MR) is 113 cm³/mol. The second kappa shape index (κ2) is 10.7. The van der Waals surface area contributed by atoms with E-state index < -0.39 is 0 Å². The summed E-state index contributed by atoms with van der Waals surface area (Å²) >= 11 is 0. The van der Waals surface area contributed by atoms with Crippen molar-refractivity contribution in [2.24, 2.45) is 4.99 Å². The highest BCUT2D eigenvalue weighted by atomic mass is 127. The molecule has 0 spiro atoms. The highest BCUT2D eigenvalue weighted by Gasteiger charge is 2.07. The van der Waals surface area contributed by atoms with E-state index in [-0.39, 0.29) is 35.7 Å². The van der Waals surface area contributed by atoms with Crippen molar-refractivity contribution in [3.8, 4) is 0 Å². The Bertz CT molecular complexity index is 732. The Kier molecular flexibility index (Phi) is 9.04. The molecular weight excluding hydrogens is 446 g/mol. The molecule has 1 amide bonds. The Morgan fingerprint density at radius 1 is 1.08 bits per heavy atom. The van der Waals surface area contributed by atoms with Crippen molar-refractivity contribution < 1.29 is 9.18 Å². The van der Waals surface area contributed by atoms with Gasteiger partial charge in [0.05, 0.1) is 0 Å². The van der Waals surface area contributed by atoms with E-state index in [1.54, 1.807) is 38.4 Å². The van der Waals surface area contributed by atoms with Gasteiger partial charge in [-0.15, -0.1) is 24.0 Å². The maximum atomic E-state index is 13.0. The molecule has 2 rings (SSSR count). The van der Waals surface area contributed by atoms with Crippen molar-refractivity contribution in [1.29, 1.82) is 0 Å². The number of amides is 1. The van der Waals surface area contributed by atoms with Gasteiger partial charge in [0.2, 0.25) is 0 Å². The van der Waals surface area contributed by atoms with Crippen LogP contribution in [0.15, 0.2) is 53.5 Å². The summed E-state index contributed by atoms with van der Waals surface area (Å²) in [5.41, 5.74) is 2.68. The van der Waals surface area contributed by atoms with Crippen LogP contribution in [0.5, 0.6) is 0 Å². The van der Waals surface area contributed by atoms with Crippen molar-refractivity contribution in [2.45, 2.75) is 13.1 Å². The minimum Gasteiger partial charge on any atom is -0.355 e. The summed E-state index contributed by atoms with van der Waals surface area (Å²) in [7, 11) is 5.25. The van der Waals surface area contributed by atoms with Gasteiger partial charge in [0.1, 0.15) is 5.82 Å². The summed E-state index contributed by atoms with van der Waals surface area (Å²) in [6.45, 7) is 1.21. The number of nitrogens with zero attached hydrogens (tertiary/aromatic N) is 2. The number of halogens is 2. The quantitative estimate of drug-likeness (QED) is 0.402. The van der Waals surface area contributed by atoms with E-state index in [1.807, 2.05) is 24.1 Å². The molecule has 0 fully saturated rings. The molecule has 0 radical (unpaired) electrons. The first-order valence-corrected chi connectivity index (χ1v) is 8.00. The molecule has 0 unspecified atom stereocenters. The number of hydrogen-bond donors (Lipinski definition) is 2. The van der Waals surface area contributed by atoms with E-state index in [2.05, 4.69) is 15.6 Å². The van der Waals surface area contributed by atoms with Gasteiger partial charge < -0.3 is 15.5 Å². The smallest absolute Gasteiger partial charge is 0.251 e. The van der Waals surface area contributed by atoms with Crippen LogP contribution in [-0.4, -0.2) is 37.9 Å². The van der Waals surface area contributed by atoms with Crippen molar-refractivity contribution in [1.82, 2.24) is 15.5 Å². The molecular formula is C19H24FIN4O. The number of benzene rings is 2. The first-order valence-electron chi connectivity index (χ1n) is 8.00. The largest absolute Gasteiger partial charge is 0.355 e. The molecule has 2 N–H and O–H groups in total. The SMILES string of the molecule is CN=C(NCc1ccc(C(=O)NC)cc1)N(C)Cc1ccc(F)cc1.I. The maximum Gasteiger partial charge on any atom is 0.251 e. The molecule has 140 valence electrons. The first kappa shape index (κ1) is 21.9. The fraction of sp³-hybridized carbons (Fsp3) is 0.263. The fourth-order valence-corrected chi connectivity index (χ4v) is 2.42.